The predicted molar refractivity (Wildman–Crippen MR) is 96.9 cm³/mol. The molecule has 5 unspecified atom stereocenters. The topological polar surface area (TPSA) is 38.5 Å². The average molecular weight is 319 g/mol. The van der Waals surface area contributed by atoms with Crippen molar-refractivity contribution in [2.45, 2.75) is 84.0 Å². The summed E-state index contributed by atoms with van der Waals surface area (Å²) in [5.74, 6) is 0.398. The van der Waals surface area contributed by atoms with E-state index in [-0.39, 0.29) is 23.2 Å². The van der Waals surface area contributed by atoms with E-state index in [4.69, 9.17) is 10.6 Å². The molecule has 0 saturated carbocycles. The number of hydroxylamine groups is 2. The number of nitrogens with zero attached hydrogens (tertiary/aromatic N) is 1. The maximum atomic E-state index is 6.59. The fourth-order valence-corrected chi connectivity index (χ4v) is 3.97. The average Bonchev–Trinajstić information content (AvgIpc) is 2.57. The summed E-state index contributed by atoms with van der Waals surface area (Å²) < 4.78 is 0. The molecule has 1 aliphatic heterocycles. The van der Waals surface area contributed by atoms with Crippen molar-refractivity contribution in [3.63, 3.8) is 0 Å². The van der Waals surface area contributed by atoms with Crippen molar-refractivity contribution < 1.29 is 4.84 Å². The minimum absolute atomic E-state index is 0.0280. The van der Waals surface area contributed by atoms with Crippen LogP contribution in [0.5, 0.6) is 0 Å². The van der Waals surface area contributed by atoms with Gasteiger partial charge in [0, 0.05) is 17.1 Å². The molecule has 5 atom stereocenters. The van der Waals surface area contributed by atoms with Crippen molar-refractivity contribution >= 4 is 0 Å². The summed E-state index contributed by atoms with van der Waals surface area (Å²) in [5, 5.41) is 2.30. The van der Waals surface area contributed by atoms with Gasteiger partial charge in [-0.05, 0) is 51.5 Å². The Labute approximate surface area is 142 Å². The van der Waals surface area contributed by atoms with E-state index >= 15 is 0 Å². The van der Waals surface area contributed by atoms with E-state index in [1.54, 1.807) is 0 Å². The molecule has 0 spiro atoms. The van der Waals surface area contributed by atoms with E-state index in [9.17, 15) is 0 Å². The van der Waals surface area contributed by atoms with Crippen molar-refractivity contribution in [1.29, 1.82) is 0 Å². The van der Waals surface area contributed by atoms with E-state index < -0.39 is 0 Å². The third kappa shape index (κ3) is 3.33. The van der Waals surface area contributed by atoms with Crippen LogP contribution in [0.15, 0.2) is 30.3 Å². The van der Waals surface area contributed by atoms with E-state index in [0.29, 0.717) is 5.92 Å². The molecule has 0 radical (unpaired) electrons. The van der Waals surface area contributed by atoms with E-state index in [0.717, 1.165) is 19.3 Å². The van der Waals surface area contributed by atoms with Crippen LogP contribution in [0, 0.1) is 5.92 Å². The number of benzene rings is 1. The van der Waals surface area contributed by atoms with Crippen LogP contribution < -0.4 is 5.73 Å². The molecule has 1 aromatic carbocycles. The molecular weight excluding hydrogens is 284 g/mol. The molecule has 0 aromatic heterocycles. The van der Waals surface area contributed by atoms with Gasteiger partial charge in [-0.2, -0.15) is 5.06 Å². The first-order chi connectivity index (χ1) is 10.8. The highest BCUT2D eigenvalue weighted by Crippen LogP contribution is 2.46. The van der Waals surface area contributed by atoms with Crippen molar-refractivity contribution in [3.8, 4) is 0 Å². The second kappa shape index (κ2) is 6.92. The molecule has 23 heavy (non-hydrogen) atoms. The quantitative estimate of drug-likeness (QED) is 0.856. The normalized spacial score (nSPS) is 36.8. The second-order valence-electron chi connectivity index (χ2n) is 7.67. The van der Waals surface area contributed by atoms with Crippen LogP contribution in [0.3, 0.4) is 0 Å². The summed E-state index contributed by atoms with van der Waals surface area (Å²) in [5.41, 5.74) is 7.64. The van der Waals surface area contributed by atoms with Gasteiger partial charge in [-0.1, -0.05) is 51.1 Å². The fraction of sp³-hybridized carbons (Fsp3) is 0.700. The van der Waals surface area contributed by atoms with Crippen LogP contribution in [0.25, 0.3) is 0 Å². The molecule has 1 aromatic rings. The summed E-state index contributed by atoms with van der Waals surface area (Å²) in [4.78, 5) is 6.59. The van der Waals surface area contributed by atoms with Crippen LogP contribution in [-0.4, -0.2) is 22.2 Å². The standard InChI is InChI=1S/C20H34N2O/c1-7-19(5)14-18(21)15(3)20(6,8-2)22(19)23-16(4)17-12-10-9-11-13-17/h9-13,15-16,18H,7-8,14,21H2,1-6H3. The minimum atomic E-state index is -0.0501. The molecule has 0 aliphatic carbocycles. The van der Waals surface area contributed by atoms with Crippen molar-refractivity contribution in [2.75, 3.05) is 0 Å². The molecule has 1 heterocycles. The summed E-state index contributed by atoms with van der Waals surface area (Å²) in [6.07, 6.45) is 3.07. The number of nitrogens with two attached hydrogens (primary N) is 1. The Morgan fingerprint density at radius 2 is 1.83 bits per heavy atom. The summed E-state index contributed by atoms with van der Waals surface area (Å²) in [6.45, 7) is 13.5. The molecule has 1 fully saturated rings. The lowest BCUT2D eigenvalue weighted by Gasteiger charge is -2.59. The SMILES string of the molecule is CCC1(C)CC(N)C(C)C(C)(CC)N1OC(C)c1ccccc1. The summed E-state index contributed by atoms with van der Waals surface area (Å²) in [6, 6.07) is 10.7. The highest BCUT2D eigenvalue weighted by Gasteiger charge is 2.53. The molecule has 1 aliphatic rings. The molecule has 3 heteroatoms. The van der Waals surface area contributed by atoms with Gasteiger partial charge in [0.1, 0.15) is 6.10 Å². The zero-order valence-electron chi connectivity index (χ0n) is 15.7. The predicted octanol–water partition coefficient (Wildman–Crippen LogP) is 4.69. The number of hydrogen-bond donors (Lipinski definition) is 1. The van der Waals surface area contributed by atoms with Crippen LogP contribution in [0.4, 0.5) is 0 Å². The smallest absolute Gasteiger partial charge is 0.102 e. The third-order valence-electron chi connectivity index (χ3n) is 6.26. The molecule has 0 amide bonds. The lowest BCUT2D eigenvalue weighted by molar-refractivity contribution is -0.326. The largest absolute Gasteiger partial charge is 0.327 e. The van der Waals surface area contributed by atoms with E-state index in [1.165, 1.54) is 5.56 Å². The summed E-state index contributed by atoms with van der Waals surface area (Å²) >= 11 is 0. The van der Waals surface area contributed by atoms with Crippen LogP contribution in [0.2, 0.25) is 0 Å². The molecule has 2 rings (SSSR count). The number of hydrogen-bond acceptors (Lipinski definition) is 3. The van der Waals surface area contributed by atoms with Gasteiger partial charge < -0.3 is 5.73 Å². The van der Waals surface area contributed by atoms with E-state index in [2.05, 4.69) is 70.9 Å². The molecule has 2 N–H and O–H groups in total. The van der Waals surface area contributed by atoms with Crippen LogP contribution in [-0.2, 0) is 4.84 Å². The fourth-order valence-electron chi connectivity index (χ4n) is 3.97. The first kappa shape index (κ1) is 18.4. The lowest BCUT2D eigenvalue weighted by atomic mass is 9.68. The monoisotopic (exact) mass is 318 g/mol. The molecule has 0 bridgehead atoms. The molecular formula is C20H34N2O. The summed E-state index contributed by atoms with van der Waals surface area (Å²) in [7, 11) is 0. The number of rotatable bonds is 5. The van der Waals surface area contributed by atoms with E-state index in [1.807, 2.05) is 6.07 Å². The Morgan fingerprint density at radius 3 is 2.35 bits per heavy atom. The lowest BCUT2D eigenvalue weighted by Crippen LogP contribution is -2.69. The van der Waals surface area contributed by atoms with Gasteiger partial charge >= 0.3 is 0 Å². The zero-order valence-corrected chi connectivity index (χ0v) is 15.7. The highest BCUT2D eigenvalue weighted by atomic mass is 16.7. The maximum absolute atomic E-state index is 6.59. The van der Waals surface area contributed by atoms with Crippen LogP contribution in [0.1, 0.15) is 72.5 Å². The zero-order chi connectivity index (χ0) is 17.3. The molecule has 130 valence electrons. The Hall–Kier alpha value is -0.900. The van der Waals surface area contributed by atoms with Gasteiger partial charge in [0.25, 0.3) is 0 Å². The maximum Gasteiger partial charge on any atom is 0.102 e. The van der Waals surface area contributed by atoms with Crippen molar-refractivity contribution in [2.24, 2.45) is 11.7 Å². The Kier molecular flexibility index (Phi) is 5.55. The minimum Gasteiger partial charge on any atom is -0.327 e. The van der Waals surface area contributed by atoms with Crippen molar-refractivity contribution in [3.05, 3.63) is 35.9 Å². The van der Waals surface area contributed by atoms with Gasteiger partial charge in [0.2, 0.25) is 0 Å². The Balaban J connectivity index is 2.33. The highest BCUT2D eigenvalue weighted by molar-refractivity contribution is 5.17. The second-order valence-corrected chi connectivity index (χ2v) is 7.67. The number of piperidine rings is 1. The van der Waals surface area contributed by atoms with Gasteiger partial charge in [-0.15, -0.1) is 0 Å². The Bertz CT molecular complexity index is 506. The van der Waals surface area contributed by atoms with Crippen LogP contribution >= 0.6 is 0 Å². The first-order valence-corrected chi connectivity index (χ1v) is 9.06. The molecule has 3 nitrogen and oxygen atoms in total. The van der Waals surface area contributed by atoms with Gasteiger partial charge in [0.05, 0.1) is 0 Å². The first-order valence-electron chi connectivity index (χ1n) is 9.06. The third-order valence-corrected chi connectivity index (χ3v) is 6.26. The van der Waals surface area contributed by atoms with Crippen molar-refractivity contribution in [1.82, 2.24) is 5.06 Å². The van der Waals surface area contributed by atoms with Gasteiger partial charge in [0.15, 0.2) is 0 Å². The van der Waals surface area contributed by atoms with Gasteiger partial charge in [-0.25, -0.2) is 0 Å². The van der Waals surface area contributed by atoms with Gasteiger partial charge in [-0.3, -0.25) is 4.84 Å². The molecule has 1 saturated heterocycles. The Morgan fingerprint density at radius 1 is 1.22 bits per heavy atom.